The molecule has 6 heteroatoms. The molecule has 1 aliphatic rings. The van der Waals surface area contributed by atoms with Crippen molar-refractivity contribution in [2.24, 2.45) is 10.9 Å². The quantitative estimate of drug-likeness (QED) is 0.601. The van der Waals surface area contributed by atoms with E-state index in [1.165, 1.54) is 35.6 Å². The average molecular weight is 366 g/mol. The standard InChI is InChI=1S/C19H35N5S/c1-14-8-7-10-19(12-14,24(5)6)13-22-18(20-4)21-11-9-17-23-15(2)16(3)25-17/h14H,7-13H2,1-6H3,(H2,20,21,22). The molecule has 1 saturated carbocycles. The van der Waals surface area contributed by atoms with Crippen molar-refractivity contribution in [2.45, 2.75) is 58.4 Å². The second-order valence-corrected chi connectivity index (χ2v) is 8.96. The van der Waals surface area contributed by atoms with Crippen LogP contribution in [0.3, 0.4) is 0 Å². The summed E-state index contributed by atoms with van der Waals surface area (Å²) in [6, 6.07) is 0. The monoisotopic (exact) mass is 365 g/mol. The Labute approximate surface area is 157 Å². The number of aromatic nitrogens is 1. The van der Waals surface area contributed by atoms with Crippen LogP contribution in [-0.2, 0) is 6.42 Å². The lowest BCUT2D eigenvalue weighted by atomic mass is 9.75. The highest BCUT2D eigenvalue weighted by Crippen LogP contribution is 2.35. The van der Waals surface area contributed by atoms with Crippen molar-refractivity contribution >= 4 is 17.3 Å². The molecule has 25 heavy (non-hydrogen) atoms. The first-order valence-electron chi connectivity index (χ1n) is 9.41. The van der Waals surface area contributed by atoms with Gasteiger partial charge >= 0.3 is 0 Å². The van der Waals surface area contributed by atoms with Crippen molar-refractivity contribution in [3.05, 3.63) is 15.6 Å². The predicted octanol–water partition coefficient (Wildman–Crippen LogP) is 2.98. The summed E-state index contributed by atoms with van der Waals surface area (Å²) in [6.07, 6.45) is 6.12. The summed E-state index contributed by atoms with van der Waals surface area (Å²) in [7, 11) is 6.27. The first kappa shape index (κ1) is 20.2. The number of rotatable bonds is 6. The minimum Gasteiger partial charge on any atom is -0.356 e. The molecule has 0 spiro atoms. The lowest BCUT2D eigenvalue weighted by Gasteiger charge is -2.45. The zero-order valence-corrected chi connectivity index (χ0v) is 17.6. The predicted molar refractivity (Wildman–Crippen MR) is 109 cm³/mol. The molecule has 1 heterocycles. The third-order valence-electron chi connectivity index (χ3n) is 5.53. The summed E-state index contributed by atoms with van der Waals surface area (Å²) >= 11 is 1.80. The number of nitrogens with zero attached hydrogens (tertiary/aromatic N) is 3. The van der Waals surface area contributed by atoms with Gasteiger partial charge in [-0.2, -0.15) is 0 Å². The van der Waals surface area contributed by atoms with E-state index < -0.39 is 0 Å². The van der Waals surface area contributed by atoms with Crippen LogP contribution < -0.4 is 10.6 Å². The van der Waals surface area contributed by atoms with Gasteiger partial charge in [0, 0.05) is 37.0 Å². The van der Waals surface area contributed by atoms with E-state index in [9.17, 15) is 0 Å². The first-order valence-corrected chi connectivity index (χ1v) is 10.2. The molecule has 0 amide bonds. The minimum absolute atomic E-state index is 0.235. The van der Waals surface area contributed by atoms with Crippen LogP contribution in [0.25, 0.3) is 0 Å². The summed E-state index contributed by atoms with van der Waals surface area (Å²) in [4.78, 5) is 12.7. The van der Waals surface area contributed by atoms with E-state index in [1.807, 2.05) is 7.05 Å². The van der Waals surface area contributed by atoms with E-state index >= 15 is 0 Å². The minimum atomic E-state index is 0.235. The van der Waals surface area contributed by atoms with Crippen LogP contribution in [0.1, 0.15) is 48.2 Å². The van der Waals surface area contributed by atoms with Crippen molar-refractivity contribution in [1.82, 2.24) is 20.5 Å². The van der Waals surface area contributed by atoms with Crippen molar-refractivity contribution in [3.63, 3.8) is 0 Å². The maximum Gasteiger partial charge on any atom is 0.191 e. The third-order valence-corrected chi connectivity index (χ3v) is 6.66. The molecule has 0 aliphatic heterocycles. The largest absolute Gasteiger partial charge is 0.356 e. The fourth-order valence-corrected chi connectivity index (χ4v) is 4.69. The Hall–Kier alpha value is -1.14. The van der Waals surface area contributed by atoms with Crippen molar-refractivity contribution in [2.75, 3.05) is 34.2 Å². The van der Waals surface area contributed by atoms with Crippen LogP contribution in [-0.4, -0.2) is 55.6 Å². The number of aliphatic imine (C=N–C) groups is 1. The summed E-state index contributed by atoms with van der Waals surface area (Å²) in [5.41, 5.74) is 1.39. The molecule has 2 rings (SSSR count). The number of likely N-dealkylation sites (N-methyl/N-ethyl adjacent to an activating group) is 1. The van der Waals surface area contributed by atoms with Crippen molar-refractivity contribution < 1.29 is 0 Å². The van der Waals surface area contributed by atoms with Gasteiger partial charge in [0.1, 0.15) is 0 Å². The van der Waals surface area contributed by atoms with Gasteiger partial charge in [-0.25, -0.2) is 4.98 Å². The molecule has 1 aliphatic carbocycles. The highest BCUT2D eigenvalue weighted by atomic mass is 32.1. The number of hydrogen-bond acceptors (Lipinski definition) is 4. The molecular weight excluding hydrogens is 330 g/mol. The number of hydrogen-bond donors (Lipinski definition) is 2. The van der Waals surface area contributed by atoms with Gasteiger partial charge < -0.3 is 15.5 Å². The average Bonchev–Trinajstić information content (AvgIpc) is 2.88. The Balaban J connectivity index is 1.84. The van der Waals surface area contributed by atoms with Gasteiger partial charge in [-0.1, -0.05) is 19.8 Å². The zero-order chi connectivity index (χ0) is 18.4. The molecule has 1 fully saturated rings. The normalized spacial score (nSPS) is 24.6. The maximum atomic E-state index is 4.61. The molecule has 1 aromatic heterocycles. The van der Waals surface area contributed by atoms with Crippen LogP contribution in [0.5, 0.6) is 0 Å². The highest BCUT2D eigenvalue weighted by molar-refractivity contribution is 7.11. The maximum absolute atomic E-state index is 4.61. The molecule has 2 atom stereocenters. The van der Waals surface area contributed by atoms with E-state index in [1.54, 1.807) is 11.3 Å². The number of nitrogens with one attached hydrogen (secondary N) is 2. The van der Waals surface area contributed by atoms with Gasteiger partial charge in [0.05, 0.1) is 10.7 Å². The van der Waals surface area contributed by atoms with Crippen LogP contribution >= 0.6 is 11.3 Å². The van der Waals surface area contributed by atoms with Crippen molar-refractivity contribution in [1.29, 1.82) is 0 Å². The lowest BCUT2D eigenvalue weighted by Crippen LogP contribution is -2.56. The summed E-state index contributed by atoms with van der Waals surface area (Å²) < 4.78 is 0. The van der Waals surface area contributed by atoms with Gasteiger partial charge in [0.15, 0.2) is 5.96 Å². The molecule has 1 aromatic rings. The summed E-state index contributed by atoms with van der Waals surface area (Å²) in [5, 5.41) is 8.20. The highest BCUT2D eigenvalue weighted by Gasteiger charge is 2.36. The van der Waals surface area contributed by atoms with E-state index in [0.717, 1.165) is 37.1 Å². The molecule has 2 unspecified atom stereocenters. The van der Waals surface area contributed by atoms with Crippen LogP contribution in [0, 0.1) is 19.8 Å². The molecule has 0 bridgehead atoms. The summed E-state index contributed by atoms with van der Waals surface area (Å²) in [6.45, 7) is 8.39. The van der Waals surface area contributed by atoms with Crippen molar-refractivity contribution in [3.8, 4) is 0 Å². The summed E-state index contributed by atoms with van der Waals surface area (Å²) in [5.74, 6) is 1.69. The smallest absolute Gasteiger partial charge is 0.191 e. The molecule has 142 valence electrons. The van der Waals surface area contributed by atoms with Crippen LogP contribution in [0.15, 0.2) is 4.99 Å². The van der Waals surface area contributed by atoms with Gasteiger partial charge in [0.25, 0.3) is 0 Å². The molecule has 5 nitrogen and oxygen atoms in total. The van der Waals surface area contributed by atoms with Gasteiger partial charge in [-0.05, 0) is 46.7 Å². The molecule has 0 radical (unpaired) electrons. The molecule has 0 saturated heterocycles. The molecule has 2 N–H and O–H groups in total. The van der Waals surface area contributed by atoms with Gasteiger partial charge in [0.2, 0.25) is 0 Å². The first-order chi connectivity index (χ1) is 11.9. The fraction of sp³-hybridized carbons (Fsp3) is 0.789. The second kappa shape index (κ2) is 8.99. The second-order valence-electron chi connectivity index (χ2n) is 7.67. The lowest BCUT2D eigenvalue weighted by molar-refractivity contribution is 0.0796. The SMILES string of the molecule is CN=C(NCCc1nc(C)c(C)s1)NCC1(N(C)C)CCCC(C)C1. The number of aryl methyl sites for hydroxylation is 2. The van der Waals surface area contributed by atoms with Crippen LogP contribution in [0.4, 0.5) is 0 Å². The Kier molecular flexibility index (Phi) is 7.25. The fourth-order valence-electron chi connectivity index (χ4n) is 3.76. The topological polar surface area (TPSA) is 52.6 Å². The van der Waals surface area contributed by atoms with E-state index in [-0.39, 0.29) is 5.54 Å². The molecule has 0 aromatic carbocycles. The number of guanidine groups is 1. The van der Waals surface area contributed by atoms with E-state index in [0.29, 0.717) is 0 Å². The Morgan fingerprint density at radius 2 is 2.12 bits per heavy atom. The van der Waals surface area contributed by atoms with Gasteiger partial charge in [-0.15, -0.1) is 11.3 Å². The Morgan fingerprint density at radius 3 is 2.68 bits per heavy atom. The van der Waals surface area contributed by atoms with E-state index in [4.69, 9.17) is 0 Å². The van der Waals surface area contributed by atoms with Gasteiger partial charge in [-0.3, -0.25) is 4.99 Å². The van der Waals surface area contributed by atoms with E-state index in [2.05, 4.69) is 60.4 Å². The molecular formula is C19H35N5S. The third kappa shape index (κ3) is 5.42. The Morgan fingerprint density at radius 1 is 1.36 bits per heavy atom. The zero-order valence-electron chi connectivity index (χ0n) is 16.8. The Bertz CT molecular complexity index is 561. The van der Waals surface area contributed by atoms with Crippen LogP contribution in [0.2, 0.25) is 0 Å². The number of thiazole rings is 1.